The molecule has 102 valence electrons. The summed E-state index contributed by atoms with van der Waals surface area (Å²) in [6.45, 7) is 0. The summed E-state index contributed by atoms with van der Waals surface area (Å²) in [5.41, 5.74) is 4.53. The van der Waals surface area contributed by atoms with E-state index in [2.05, 4.69) is 0 Å². The molecule has 0 radical (unpaired) electrons. The predicted molar refractivity (Wildman–Crippen MR) is 59.6 cm³/mol. The molecule has 5 nitrogen and oxygen atoms in total. The second-order valence-electron chi connectivity index (χ2n) is 3.43. The fourth-order valence-electron chi connectivity index (χ4n) is 1.31. The number of benzene rings is 1. The molecule has 0 spiro atoms. The van der Waals surface area contributed by atoms with Crippen molar-refractivity contribution in [2.75, 3.05) is 0 Å². The number of nitrogens with zero attached hydrogens (tertiary/aromatic N) is 1. The fourth-order valence-corrected chi connectivity index (χ4v) is 1.31. The van der Waals surface area contributed by atoms with Gasteiger partial charge in [0.25, 0.3) is 5.69 Å². The molecule has 18 heavy (non-hydrogen) atoms. The third kappa shape index (κ3) is 4.38. The zero-order valence-electron chi connectivity index (χ0n) is 8.85. The first-order chi connectivity index (χ1) is 7.70. The summed E-state index contributed by atoms with van der Waals surface area (Å²) in [4.78, 5) is 9.66. The highest BCUT2D eigenvalue weighted by Gasteiger charge is 2.32. The lowest BCUT2D eigenvalue weighted by molar-refractivity contribution is -0.385. The highest BCUT2D eigenvalue weighted by molar-refractivity contribution is 5.85. The van der Waals surface area contributed by atoms with Gasteiger partial charge in [0.05, 0.1) is 11.3 Å². The Bertz CT molecular complexity index is 440. The number of nitro groups is 1. The van der Waals surface area contributed by atoms with Crippen LogP contribution in [0.5, 0.6) is 5.75 Å². The van der Waals surface area contributed by atoms with Crippen molar-refractivity contribution in [3.63, 3.8) is 0 Å². The molecule has 3 N–H and O–H groups in total. The topological polar surface area (TPSA) is 89.4 Å². The van der Waals surface area contributed by atoms with Crippen molar-refractivity contribution >= 4 is 18.1 Å². The number of phenols is 1. The van der Waals surface area contributed by atoms with Crippen LogP contribution >= 0.6 is 12.4 Å². The third-order valence-corrected chi connectivity index (χ3v) is 2.07. The summed E-state index contributed by atoms with van der Waals surface area (Å²) >= 11 is 0. The van der Waals surface area contributed by atoms with Crippen molar-refractivity contribution in [3.8, 4) is 5.75 Å². The van der Waals surface area contributed by atoms with Crippen molar-refractivity contribution in [3.05, 3.63) is 33.9 Å². The van der Waals surface area contributed by atoms with Crippen LogP contribution in [0.4, 0.5) is 18.9 Å². The molecule has 1 atom stereocenters. The van der Waals surface area contributed by atoms with Crippen LogP contribution in [0.3, 0.4) is 0 Å². The quantitative estimate of drug-likeness (QED) is 0.660. The largest absolute Gasteiger partial charge is 0.508 e. The molecule has 0 unspecified atom stereocenters. The van der Waals surface area contributed by atoms with Crippen LogP contribution in [0.2, 0.25) is 0 Å². The van der Waals surface area contributed by atoms with E-state index in [-0.39, 0.29) is 18.0 Å². The van der Waals surface area contributed by atoms with Gasteiger partial charge in [-0.3, -0.25) is 10.1 Å². The van der Waals surface area contributed by atoms with Crippen molar-refractivity contribution in [2.24, 2.45) is 5.73 Å². The van der Waals surface area contributed by atoms with Crippen LogP contribution in [-0.4, -0.2) is 16.2 Å². The molecular weight excluding hydrogens is 277 g/mol. The molecule has 0 aliphatic carbocycles. The lowest BCUT2D eigenvalue weighted by Gasteiger charge is -2.15. The smallest absolute Gasteiger partial charge is 0.390 e. The Balaban J connectivity index is 0.00000289. The molecule has 1 aromatic carbocycles. The van der Waals surface area contributed by atoms with Crippen LogP contribution < -0.4 is 5.73 Å². The first-order valence-electron chi connectivity index (χ1n) is 4.50. The molecule has 0 aliphatic rings. The van der Waals surface area contributed by atoms with E-state index in [1.165, 1.54) is 0 Å². The lowest BCUT2D eigenvalue weighted by Crippen LogP contribution is -2.20. The average Bonchev–Trinajstić information content (AvgIpc) is 2.14. The van der Waals surface area contributed by atoms with Crippen LogP contribution in [-0.2, 0) is 0 Å². The zero-order valence-corrected chi connectivity index (χ0v) is 9.66. The van der Waals surface area contributed by atoms with E-state index in [1.807, 2.05) is 0 Å². The number of aromatic hydroxyl groups is 1. The molecule has 0 amide bonds. The second-order valence-corrected chi connectivity index (χ2v) is 3.43. The van der Waals surface area contributed by atoms with E-state index in [0.29, 0.717) is 0 Å². The molecule has 0 aliphatic heterocycles. The third-order valence-electron chi connectivity index (χ3n) is 2.07. The number of alkyl halides is 3. The zero-order chi connectivity index (χ0) is 13.2. The molecule has 1 rings (SSSR count). The van der Waals surface area contributed by atoms with E-state index < -0.39 is 35.0 Å². The molecule has 0 fully saturated rings. The van der Waals surface area contributed by atoms with Crippen LogP contribution in [0.1, 0.15) is 18.0 Å². The van der Waals surface area contributed by atoms with Gasteiger partial charge in [0.2, 0.25) is 0 Å². The highest BCUT2D eigenvalue weighted by atomic mass is 35.5. The molecule has 0 saturated heterocycles. The van der Waals surface area contributed by atoms with Crippen LogP contribution in [0.25, 0.3) is 0 Å². The van der Waals surface area contributed by atoms with Gasteiger partial charge in [0.15, 0.2) is 0 Å². The van der Waals surface area contributed by atoms with Gasteiger partial charge in [-0.2, -0.15) is 13.2 Å². The maximum atomic E-state index is 12.1. The Morgan fingerprint density at radius 3 is 2.44 bits per heavy atom. The van der Waals surface area contributed by atoms with Gasteiger partial charge in [-0.1, -0.05) is 0 Å². The minimum absolute atomic E-state index is 0. The summed E-state index contributed by atoms with van der Waals surface area (Å²) in [6.07, 6.45) is -5.86. The minimum Gasteiger partial charge on any atom is -0.508 e. The van der Waals surface area contributed by atoms with Gasteiger partial charge in [0.1, 0.15) is 5.75 Å². The van der Waals surface area contributed by atoms with E-state index in [0.717, 1.165) is 18.2 Å². The average molecular weight is 287 g/mol. The maximum Gasteiger partial charge on any atom is 0.390 e. The Hall–Kier alpha value is -1.54. The summed E-state index contributed by atoms with van der Waals surface area (Å²) in [7, 11) is 0. The predicted octanol–water partition coefficient (Wildman–Crippen LogP) is 2.67. The molecule has 9 heteroatoms. The Morgan fingerprint density at radius 1 is 1.44 bits per heavy atom. The van der Waals surface area contributed by atoms with E-state index in [1.54, 1.807) is 0 Å². The molecule has 0 saturated carbocycles. The fraction of sp³-hybridized carbons (Fsp3) is 0.333. The van der Waals surface area contributed by atoms with Crippen molar-refractivity contribution in [1.29, 1.82) is 0 Å². The van der Waals surface area contributed by atoms with Gasteiger partial charge in [-0.15, -0.1) is 12.4 Å². The van der Waals surface area contributed by atoms with Gasteiger partial charge in [0, 0.05) is 23.7 Å². The number of nitrogens with two attached hydrogens (primary N) is 1. The number of phenolic OH excluding ortho intramolecular Hbond substituents is 1. The lowest BCUT2D eigenvalue weighted by atomic mass is 10.0. The second kappa shape index (κ2) is 5.87. The molecular formula is C9H10ClF3N2O3. The van der Waals surface area contributed by atoms with E-state index in [9.17, 15) is 28.4 Å². The summed E-state index contributed by atoms with van der Waals surface area (Å²) < 4.78 is 36.3. The molecule has 0 heterocycles. The SMILES string of the molecule is Cl.N[C@@H](CC(F)(F)F)c1cc([N+](=O)[O-])ccc1O. The number of hydrogen-bond acceptors (Lipinski definition) is 4. The van der Waals surface area contributed by atoms with E-state index >= 15 is 0 Å². The number of halogens is 4. The van der Waals surface area contributed by atoms with Crippen LogP contribution in [0.15, 0.2) is 18.2 Å². The Labute approximate surface area is 106 Å². The number of non-ortho nitro benzene ring substituents is 1. The van der Waals surface area contributed by atoms with Gasteiger partial charge >= 0.3 is 6.18 Å². The van der Waals surface area contributed by atoms with Gasteiger partial charge < -0.3 is 10.8 Å². The molecule has 0 bridgehead atoms. The first kappa shape index (κ1) is 16.5. The van der Waals surface area contributed by atoms with Crippen molar-refractivity contribution in [1.82, 2.24) is 0 Å². The number of hydrogen-bond donors (Lipinski definition) is 2. The summed E-state index contributed by atoms with van der Waals surface area (Å²) in [5, 5.41) is 19.7. The van der Waals surface area contributed by atoms with Gasteiger partial charge in [-0.25, -0.2) is 0 Å². The normalized spacial score (nSPS) is 12.7. The minimum atomic E-state index is -4.50. The summed E-state index contributed by atoms with van der Waals surface area (Å²) in [5.74, 6) is -0.493. The summed E-state index contributed by atoms with van der Waals surface area (Å²) in [6, 6.07) is 1.24. The number of nitro benzene ring substituents is 1. The number of rotatable bonds is 3. The Morgan fingerprint density at radius 2 is 2.00 bits per heavy atom. The molecule has 0 aromatic heterocycles. The van der Waals surface area contributed by atoms with Crippen LogP contribution in [0, 0.1) is 10.1 Å². The van der Waals surface area contributed by atoms with Crippen molar-refractivity contribution < 1.29 is 23.2 Å². The maximum absolute atomic E-state index is 12.1. The van der Waals surface area contributed by atoms with E-state index in [4.69, 9.17) is 5.73 Å². The molecule has 1 aromatic rings. The monoisotopic (exact) mass is 286 g/mol. The van der Waals surface area contributed by atoms with Crippen molar-refractivity contribution in [2.45, 2.75) is 18.6 Å². The standard InChI is InChI=1S/C9H9F3N2O3.ClH/c10-9(11,12)4-7(13)6-3-5(14(16)17)1-2-8(6)15;/h1-3,7,15H,4,13H2;1H/t7-;/m0./s1. The highest BCUT2D eigenvalue weighted by Crippen LogP contribution is 2.33. The first-order valence-corrected chi connectivity index (χ1v) is 4.50. The van der Waals surface area contributed by atoms with Gasteiger partial charge in [-0.05, 0) is 6.07 Å². The Kier molecular flexibility index (Phi) is 5.37.